The molecule has 2 rings (SSSR count). The number of aliphatic hydroxyl groups is 1. The minimum atomic E-state index is -0.0758. The minimum Gasteiger partial charge on any atom is -0.506 e. The van der Waals surface area contributed by atoms with Gasteiger partial charge in [-0.3, -0.25) is 0 Å². The lowest BCUT2D eigenvalue weighted by Crippen LogP contribution is -2.07. The molecule has 1 aromatic carbocycles. The van der Waals surface area contributed by atoms with Crippen molar-refractivity contribution in [3.63, 3.8) is 0 Å². The first-order valence-corrected chi connectivity index (χ1v) is 5.66. The molecule has 14 heavy (non-hydrogen) atoms. The zero-order valence-electron chi connectivity index (χ0n) is 7.89. The topological polar surface area (TPSA) is 40.5 Å². The molecule has 2 N–H and O–H groups in total. The molecule has 2 nitrogen and oxygen atoms in total. The van der Waals surface area contributed by atoms with Gasteiger partial charge in [0.25, 0.3) is 0 Å². The van der Waals surface area contributed by atoms with E-state index in [1.165, 1.54) is 12.0 Å². The quantitative estimate of drug-likeness (QED) is 0.811. The molecule has 1 aliphatic carbocycles. The summed E-state index contributed by atoms with van der Waals surface area (Å²) in [5, 5.41) is 19.0. The van der Waals surface area contributed by atoms with Crippen LogP contribution in [0.5, 0.6) is 5.75 Å². The second kappa shape index (κ2) is 3.91. The Labute approximate surface area is 91.7 Å². The van der Waals surface area contributed by atoms with Crippen LogP contribution in [0.3, 0.4) is 0 Å². The molecule has 0 atom stereocenters. The molecule has 0 saturated heterocycles. The molecule has 1 aliphatic rings. The summed E-state index contributed by atoms with van der Waals surface area (Å²) in [6.45, 7) is -0.0758. The molecule has 1 aromatic rings. The van der Waals surface area contributed by atoms with Crippen LogP contribution >= 0.6 is 15.9 Å². The summed E-state index contributed by atoms with van der Waals surface area (Å²) >= 11 is 3.30. The van der Waals surface area contributed by atoms with Gasteiger partial charge in [0.05, 0.1) is 11.1 Å². The molecular weight excluding hydrogens is 244 g/mol. The number of rotatable bonds is 1. The largest absolute Gasteiger partial charge is 0.506 e. The van der Waals surface area contributed by atoms with Gasteiger partial charge in [0, 0.05) is 5.56 Å². The summed E-state index contributed by atoms with van der Waals surface area (Å²) in [5.74, 6) is 0.202. The summed E-state index contributed by atoms with van der Waals surface area (Å²) in [4.78, 5) is 0. The molecule has 0 heterocycles. The van der Waals surface area contributed by atoms with E-state index in [4.69, 9.17) is 0 Å². The third-order valence-corrected chi connectivity index (χ3v) is 3.45. The SMILES string of the molecule is OCc1c(O)c(Br)cc2c1CCCC2. The number of aromatic hydroxyl groups is 1. The normalized spacial score (nSPS) is 15.3. The molecule has 3 heteroatoms. The average molecular weight is 257 g/mol. The maximum Gasteiger partial charge on any atom is 0.135 e. The highest BCUT2D eigenvalue weighted by Crippen LogP contribution is 2.36. The van der Waals surface area contributed by atoms with Crippen molar-refractivity contribution in [3.8, 4) is 5.75 Å². The van der Waals surface area contributed by atoms with E-state index in [0.29, 0.717) is 10.0 Å². The Morgan fingerprint density at radius 1 is 1.29 bits per heavy atom. The minimum absolute atomic E-state index is 0.0758. The van der Waals surface area contributed by atoms with E-state index in [9.17, 15) is 10.2 Å². The first kappa shape index (κ1) is 9.99. The monoisotopic (exact) mass is 256 g/mol. The van der Waals surface area contributed by atoms with Gasteiger partial charge in [-0.05, 0) is 58.8 Å². The fourth-order valence-corrected chi connectivity index (χ4v) is 2.63. The highest BCUT2D eigenvalue weighted by molar-refractivity contribution is 9.10. The summed E-state index contributed by atoms with van der Waals surface area (Å²) in [6.07, 6.45) is 4.39. The Morgan fingerprint density at radius 3 is 2.71 bits per heavy atom. The zero-order chi connectivity index (χ0) is 10.1. The molecule has 0 spiro atoms. The Balaban J connectivity index is 2.60. The number of benzene rings is 1. The number of halogens is 1. The van der Waals surface area contributed by atoms with Crippen molar-refractivity contribution in [2.45, 2.75) is 32.3 Å². The van der Waals surface area contributed by atoms with E-state index in [1.807, 2.05) is 6.07 Å². The summed E-state index contributed by atoms with van der Waals surface area (Å²) < 4.78 is 0.696. The van der Waals surface area contributed by atoms with Crippen LogP contribution in [0.2, 0.25) is 0 Å². The van der Waals surface area contributed by atoms with Crippen LogP contribution in [-0.2, 0) is 19.4 Å². The Kier molecular flexibility index (Phi) is 2.79. The van der Waals surface area contributed by atoms with Gasteiger partial charge in [-0.15, -0.1) is 0 Å². The van der Waals surface area contributed by atoms with Crippen LogP contribution in [0.15, 0.2) is 10.5 Å². The van der Waals surface area contributed by atoms with Crippen molar-refractivity contribution in [3.05, 3.63) is 27.2 Å². The number of fused-ring (bicyclic) bond motifs is 1. The highest BCUT2D eigenvalue weighted by atomic mass is 79.9. The van der Waals surface area contributed by atoms with Crippen molar-refractivity contribution in [2.75, 3.05) is 0 Å². The van der Waals surface area contributed by atoms with E-state index in [-0.39, 0.29) is 12.4 Å². The van der Waals surface area contributed by atoms with Crippen molar-refractivity contribution in [2.24, 2.45) is 0 Å². The van der Waals surface area contributed by atoms with Crippen molar-refractivity contribution < 1.29 is 10.2 Å². The van der Waals surface area contributed by atoms with E-state index in [1.54, 1.807) is 0 Å². The molecule has 0 unspecified atom stereocenters. The molecule has 0 amide bonds. The predicted octanol–water partition coefficient (Wildman–Crippen LogP) is 2.53. The second-order valence-electron chi connectivity index (χ2n) is 3.69. The number of hydrogen-bond acceptors (Lipinski definition) is 2. The Bertz CT molecular complexity index is 361. The molecule has 0 radical (unpaired) electrons. The molecule has 0 fully saturated rings. The smallest absolute Gasteiger partial charge is 0.135 e. The highest BCUT2D eigenvalue weighted by Gasteiger charge is 2.18. The third kappa shape index (κ3) is 1.55. The van der Waals surface area contributed by atoms with Gasteiger partial charge in [0.1, 0.15) is 5.75 Å². The Morgan fingerprint density at radius 2 is 2.00 bits per heavy atom. The fraction of sp³-hybridized carbons (Fsp3) is 0.455. The van der Waals surface area contributed by atoms with Crippen LogP contribution in [0.4, 0.5) is 0 Å². The summed E-state index contributed by atoms with van der Waals surface area (Å²) in [6, 6.07) is 1.98. The van der Waals surface area contributed by atoms with Crippen LogP contribution in [-0.4, -0.2) is 10.2 Å². The summed E-state index contributed by atoms with van der Waals surface area (Å²) in [5.41, 5.74) is 3.12. The molecular formula is C11H13BrO2. The Hall–Kier alpha value is -0.540. The third-order valence-electron chi connectivity index (χ3n) is 2.85. The standard InChI is InChI=1S/C11H13BrO2/c12-10-5-7-3-1-2-4-8(7)9(6-13)11(10)14/h5,13-14H,1-4,6H2. The molecule has 0 saturated carbocycles. The first-order valence-electron chi connectivity index (χ1n) is 4.87. The van der Waals surface area contributed by atoms with Gasteiger partial charge in [-0.1, -0.05) is 0 Å². The van der Waals surface area contributed by atoms with Gasteiger partial charge >= 0.3 is 0 Å². The van der Waals surface area contributed by atoms with Crippen LogP contribution < -0.4 is 0 Å². The fourth-order valence-electron chi connectivity index (χ4n) is 2.11. The molecule has 76 valence electrons. The number of phenols is 1. The first-order chi connectivity index (χ1) is 6.74. The average Bonchev–Trinajstić information content (AvgIpc) is 2.20. The van der Waals surface area contributed by atoms with Crippen LogP contribution in [0, 0.1) is 0 Å². The van der Waals surface area contributed by atoms with Gasteiger partial charge in [-0.25, -0.2) is 0 Å². The molecule has 0 aliphatic heterocycles. The van der Waals surface area contributed by atoms with Gasteiger partial charge in [-0.2, -0.15) is 0 Å². The number of aryl methyl sites for hydroxylation is 1. The lowest BCUT2D eigenvalue weighted by Gasteiger charge is -2.20. The second-order valence-corrected chi connectivity index (χ2v) is 4.54. The molecule has 0 aromatic heterocycles. The zero-order valence-corrected chi connectivity index (χ0v) is 9.47. The van der Waals surface area contributed by atoms with E-state index in [2.05, 4.69) is 15.9 Å². The van der Waals surface area contributed by atoms with Gasteiger partial charge in [0.15, 0.2) is 0 Å². The van der Waals surface area contributed by atoms with E-state index >= 15 is 0 Å². The van der Waals surface area contributed by atoms with E-state index in [0.717, 1.165) is 24.8 Å². The maximum absolute atomic E-state index is 9.75. The summed E-state index contributed by atoms with van der Waals surface area (Å²) in [7, 11) is 0. The van der Waals surface area contributed by atoms with Crippen molar-refractivity contribution >= 4 is 15.9 Å². The van der Waals surface area contributed by atoms with Gasteiger partial charge in [0.2, 0.25) is 0 Å². The molecule has 0 bridgehead atoms. The number of aliphatic hydroxyl groups excluding tert-OH is 1. The maximum atomic E-state index is 9.75. The van der Waals surface area contributed by atoms with Crippen LogP contribution in [0.25, 0.3) is 0 Å². The van der Waals surface area contributed by atoms with Crippen molar-refractivity contribution in [1.29, 1.82) is 0 Å². The number of hydrogen-bond donors (Lipinski definition) is 2. The van der Waals surface area contributed by atoms with Crippen molar-refractivity contribution in [1.82, 2.24) is 0 Å². The lowest BCUT2D eigenvalue weighted by molar-refractivity contribution is 0.273. The predicted molar refractivity (Wildman–Crippen MR) is 58.4 cm³/mol. The van der Waals surface area contributed by atoms with Gasteiger partial charge < -0.3 is 10.2 Å². The lowest BCUT2D eigenvalue weighted by atomic mass is 9.88. The van der Waals surface area contributed by atoms with Crippen LogP contribution in [0.1, 0.15) is 29.5 Å². The van der Waals surface area contributed by atoms with E-state index < -0.39 is 0 Å².